The third kappa shape index (κ3) is 5.43. The lowest BCUT2D eigenvalue weighted by atomic mass is 10.2. The van der Waals surface area contributed by atoms with Crippen LogP contribution in [0.15, 0.2) is 36.4 Å². The third-order valence-corrected chi connectivity index (χ3v) is 4.83. The van der Waals surface area contributed by atoms with Crippen molar-refractivity contribution in [1.82, 2.24) is 14.9 Å². The Morgan fingerprint density at radius 2 is 1.77 bits per heavy atom. The molecule has 0 aliphatic carbocycles. The number of rotatable bonds is 8. The summed E-state index contributed by atoms with van der Waals surface area (Å²) in [6.07, 6.45) is 3.68. The standard InChI is InChI=1S/C21H31N5/c1-3-4-8-11-22-20-16-18(2)23-21(24-20)26-14-12-25(13-15-26)17-19-9-6-5-7-10-19/h5-7,9-10,16H,3-4,8,11-15,17H2,1-2H3,(H,22,23,24). The number of benzene rings is 1. The SMILES string of the molecule is CCCCCNc1cc(C)nc(N2CCN(Cc3ccccc3)CC2)n1. The Bertz CT molecular complexity index is 665. The first-order valence-corrected chi connectivity index (χ1v) is 9.85. The van der Waals surface area contributed by atoms with Crippen LogP contribution in [-0.4, -0.2) is 47.6 Å². The zero-order valence-electron chi connectivity index (χ0n) is 16.1. The number of hydrogen-bond acceptors (Lipinski definition) is 5. The van der Waals surface area contributed by atoms with Crippen LogP contribution in [0.3, 0.4) is 0 Å². The van der Waals surface area contributed by atoms with Crippen molar-refractivity contribution in [2.75, 3.05) is 42.9 Å². The predicted molar refractivity (Wildman–Crippen MR) is 109 cm³/mol. The molecular weight excluding hydrogens is 322 g/mol. The van der Waals surface area contributed by atoms with Gasteiger partial charge in [-0.1, -0.05) is 50.1 Å². The number of nitrogens with one attached hydrogen (secondary N) is 1. The van der Waals surface area contributed by atoms with Crippen LogP contribution in [0, 0.1) is 6.92 Å². The predicted octanol–water partition coefficient (Wildman–Crippen LogP) is 3.71. The Hall–Kier alpha value is -2.14. The monoisotopic (exact) mass is 353 g/mol. The first-order valence-electron chi connectivity index (χ1n) is 9.85. The summed E-state index contributed by atoms with van der Waals surface area (Å²) in [6, 6.07) is 12.7. The molecule has 5 heteroatoms. The summed E-state index contributed by atoms with van der Waals surface area (Å²) in [7, 11) is 0. The van der Waals surface area contributed by atoms with Gasteiger partial charge in [-0.15, -0.1) is 0 Å². The van der Waals surface area contributed by atoms with E-state index in [9.17, 15) is 0 Å². The fraction of sp³-hybridized carbons (Fsp3) is 0.524. The van der Waals surface area contributed by atoms with Crippen LogP contribution in [0.25, 0.3) is 0 Å². The van der Waals surface area contributed by atoms with Gasteiger partial charge in [0, 0.05) is 51.0 Å². The molecule has 2 heterocycles. The number of hydrogen-bond donors (Lipinski definition) is 1. The first-order chi connectivity index (χ1) is 12.7. The Balaban J connectivity index is 1.54. The molecule has 3 rings (SSSR count). The molecule has 2 aromatic rings. The van der Waals surface area contributed by atoms with E-state index >= 15 is 0 Å². The number of piperazine rings is 1. The Kier molecular flexibility index (Phi) is 6.83. The van der Waals surface area contributed by atoms with E-state index in [2.05, 4.69) is 57.4 Å². The molecule has 1 saturated heterocycles. The Morgan fingerprint density at radius 1 is 1.00 bits per heavy atom. The number of aromatic nitrogens is 2. The average Bonchev–Trinajstić information content (AvgIpc) is 2.66. The van der Waals surface area contributed by atoms with Crippen molar-refractivity contribution in [3.8, 4) is 0 Å². The summed E-state index contributed by atoms with van der Waals surface area (Å²) in [6.45, 7) is 10.3. The maximum Gasteiger partial charge on any atom is 0.227 e. The second kappa shape index (κ2) is 9.53. The minimum Gasteiger partial charge on any atom is -0.370 e. The summed E-state index contributed by atoms with van der Waals surface area (Å²) in [5, 5.41) is 3.45. The first kappa shape index (κ1) is 18.6. The largest absolute Gasteiger partial charge is 0.370 e. The molecule has 1 aromatic carbocycles. The topological polar surface area (TPSA) is 44.3 Å². The van der Waals surface area contributed by atoms with Crippen molar-refractivity contribution in [2.24, 2.45) is 0 Å². The van der Waals surface area contributed by atoms with Gasteiger partial charge in [0.2, 0.25) is 5.95 Å². The highest BCUT2D eigenvalue weighted by molar-refractivity contribution is 5.44. The van der Waals surface area contributed by atoms with E-state index in [1.54, 1.807) is 0 Å². The van der Waals surface area contributed by atoms with Gasteiger partial charge in [0.15, 0.2) is 0 Å². The Morgan fingerprint density at radius 3 is 2.50 bits per heavy atom. The smallest absolute Gasteiger partial charge is 0.227 e. The van der Waals surface area contributed by atoms with Crippen molar-refractivity contribution in [3.63, 3.8) is 0 Å². The molecule has 0 spiro atoms. The van der Waals surface area contributed by atoms with Crippen LogP contribution in [0.2, 0.25) is 0 Å². The molecule has 0 radical (unpaired) electrons. The number of unbranched alkanes of at least 4 members (excludes halogenated alkanes) is 2. The molecule has 1 N–H and O–H groups in total. The van der Waals surface area contributed by atoms with Gasteiger partial charge in [0.05, 0.1) is 0 Å². The number of aryl methyl sites for hydroxylation is 1. The van der Waals surface area contributed by atoms with E-state index in [0.29, 0.717) is 0 Å². The van der Waals surface area contributed by atoms with Gasteiger partial charge < -0.3 is 10.2 Å². The molecule has 0 unspecified atom stereocenters. The normalized spacial score (nSPS) is 15.2. The fourth-order valence-electron chi connectivity index (χ4n) is 3.32. The van der Waals surface area contributed by atoms with Crippen LogP contribution in [-0.2, 0) is 6.54 Å². The summed E-state index contributed by atoms with van der Waals surface area (Å²) in [5.41, 5.74) is 2.41. The molecule has 0 bridgehead atoms. The molecular formula is C21H31N5. The molecule has 26 heavy (non-hydrogen) atoms. The lowest BCUT2D eigenvalue weighted by Gasteiger charge is -2.35. The summed E-state index contributed by atoms with van der Waals surface area (Å²) in [5.74, 6) is 1.82. The van der Waals surface area contributed by atoms with Crippen LogP contribution in [0.4, 0.5) is 11.8 Å². The molecule has 1 aliphatic rings. The van der Waals surface area contributed by atoms with Crippen LogP contribution in [0.1, 0.15) is 37.4 Å². The highest BCUT2D eigenvalue weighted by Crippen LogP contribution is 2.17. The zero-order chi connectivity index (χ0) is 18.2. The molecule has 0 amide bonds. The Labute approximate surface area is 157 Å². The fourth-order valence-corrected chi connectivity index (χ4v) is 3.32. The van der Waals surface area contributed by atoms with Crippen molar-refractivity contribution in [2.45, 2.75) is 39.7 Å². The number of anilines is 2. The van der Waals surface area contributed by atoms with E-state index in [1.165, 1.54) is 24.8 Å². The summed E-state index contributed by atoms with van der Waals surface area (Å²) in [4.78, 5) is 14.2. The number of nitrogens with zero attached hydrogens (tertiary/aromatic N) is 4. The maximum atomic E-state index is 4.75. The molecule has 0 saturated carbocycles. The van der Waals surface area contributed by atoms with Crippen molar-refractivity contribution < 1.29 is 0 Å². The average molecular weight is 354 g/mol. The van der Waals surface area contributed by atoms with Crippen LogP contribution in [0.5, 0.6) is 0 Å². The zero-order valence-corrected chi connectivity index (χ0v) is 16.1. The van der Waals surface area contributed by atoms with Crippen LogP contribution >= 0.6 is 0 Å². The van der Waals surface area contributed by atoms with Crippen molar-refractivity contribution in [1.29, 1.82) is 0 Å². The van der Waals surface area contributed by atoms with E-state index in [4.69, 9.17) is 4.98 Å². The van der Waals surface area contributed by atoms with Crippen LogP contribution < -0.4 is 10.2 Å². The third-order valence-electron chi connectivity index (χ3n) is 4.83. The minimum absolute atomic E-state index is 0.863. The molecule has 0 atom stereocenters. The van der Waals surface area contributed by atoms with E-state index in [0.717, 1.165) is 56.7 Å². The van der Waals surface area contributed by atoms with Gasteiger partial charge in [-0.3, -0.25) is 4.90 Å². The summed E-state index contributed by atoms with van der Waals surface area (Å²) >= 11 is 0. The van der Waals surface area contributed by atoms with Gasteiger partial charge in [-0.2, -0.15) is 4.98 Å². The van der Waals surface area contributed by atoms with Crippen molar-refractivity contribution >= 4 is 11.8 Å². The van der Waals surface area contributed by atoms with Gasteiger partial charge >= 0.3 is 0 Å². The highest BCUT2D eigenvalue weighted by Gasteiger charge is 2.19. The van der Waals surface area contributed by atoms with Gasteiger partial charge in [-0.05, 0) is 18.9 Å². The molecule has 1 aliphatic heterocycles. The van der Waals surface area contributed by atoms with E-state index < -0.39 is 0 Å². The maximum absolute atomic E-state index is 4.75. The highest BCUT2D eigenvalue weighted by atomic mass is 15.3. The molecule has 1 aromatic heterocycles. The van der Waals surface area contributed by atoms with Gasteiger partial charge in [0.25, 0.3) is 0 Å². The second-order valence-corrected chi connectivity index (χ2v) is 7.08. The van der Waals surface area contributed by atoms with E-state index in [-0.39, 0.29) is 0 Å². The quantitative estimate of drug-likeness (QED) is 0.733. The lowest BCUT2D eigenvalue weighted by Crippen LogP contribution is -2.46. The lowest BCUT2D eigenvalue weighted by molar-refractivity contribution is 0.248. The minimum atomic E-state index is 0.863. The van der Waals surface area contributed by atoms with Crippen molar-refractivity contribution in [3.05, 3.63) is 47.7 Å². The van der Waals surface area contributed by atoms with E-state index in [1.807, 2.05) is 13.0 Å². The molecule has 5 nitrogen and oxygen atoms in total. The second-order valence-electron chi connectivity index (χ2n) is 7.08. The van der Waals surface area contributed by atoms with Gasteiger partial charge in [0.1, 0.15) is 5.82 Å². The molecule has 1 fully saturated rings. The molecule has 140 valence electrons. The van der Waals surface area contributed by atoms with Gasteiger partial charge in [-0.25, -0.2) is 4.98 Å². The summed E-state index contributed by atoms with van der Waals surface area (Å²) < 4.78 is 0.